The highest BCUT2D eigenvalue weighted by molar-refractivity contribution is 5.94. The predicted octanol–water partition coefficient (Wildman–Crippen LogP) is 1.25. The monoisotopic (exact) mass is 344 g/mol. The fourth-order valence-corrected chi connectivity index (χ4v) is 2.40. The molecular weight excluding hydrogens is 320 g/mol. The molecule has 2 amide bonds. The van der Waals surface area contributed by atoms with Crippen LogP contribution >= 0.6 is 0 Å². The van der Waals surface area contributed by atoms with Crippen LogP contribution in [0.25, 0.3) is 0 Å². The molecule has 0 unspecified atom stereocenters. The van der Waals surface area contributed by atoms with E-state index in [-0.39, 0.29) is 24.9 Å². The molecule has 8 heteroatoms. The Hall–Kier alpha value is -2.74. The number of amides is 2. The molecule has 0 radical (unpaired) electrons. The molecule has 0 saturated carbocycles. The van der Waals surface area contributed by atoms with Gasteiger partial charge in [-0.1, -0.05) is 6.07 Å². The Morgan fingerprint density at radius 3 is 2.28 bits per heavy atom. The third-order valence-electron chi connectivity index (χ3n) is 3.78. The Morgan fingerprint density at radius 2 is 1.76 bits per heavy atom. The lowest BCUT2D eigenvalue weighted by molar-refractivity contribution is -0.119. The van der Waals surface area contributed by atoms with Crippen LogP contribution in [0.5, 0.6) is 0 Å². The lowest BCUT2D eigenvalue weighted by Crippen LogP contribution is -2.36. The van der Waals surface area contributed by atoms with Crippen LogP contribution in [0.1, 0.15) is 17.0 Å². The van der Waals surface area contributed by atoms with Gasteiger partial charge in [0.25, 0.3) is 0 Å². The number of aryl methyl sites for hydroxylation is 3. The van der Waals surface area contributed by atoms with Crippen molar-refractivity contribution in [1.82, 2.24) is 19.7 Å². The van der Waals surface area contributed by atoms with Gasteiger partial charge in [0, 0.05) is 13.2 Å². The van der Waals surface area contributed by atoms with Gasteiger partial charge in [-0.3, -0.25) is 19.2 Å². The predicted molar refractivity (Wildman–Crippen MR) is 96.4 cm³/mol. The van der Waals surface area contributed by atoms with Gasteiger partial charge in [0.05, 0.1) is 30.2 Å². The van der Waals surface area contributed by atoms with Crippen molar-refractivity contribution < 1.29 is 9.59 Å². The third kappa shape index (κ3) is 5.12. The molecule has 2 aromatic heterocycles. The van der Waals surface area contributed by atoms with E-state index in [0.29, 0.717) is 11.5 Å². The van der Waals surface area contributed by atoms with E-state index < -0.39 is 0 Å². The highest BCUT2D eigenvalue weighted by atomic mass is 16.2. The van der Waals surface area contributed by atoms with E-state index in [1.807, 2.05) is 33.9 Å². The van der Waals surface area contributed by atoms with Crippen molar-refractivity contribution in [2.75, 3.05) is 30.8 Å². The molecule has 2 N–H and O–H groups in total. The van der Waals surface area contributed by atoms with Gasteiger partial charge in [0.15, 0.2) is 0 Å². The third-order valence-corrected chi connectivity index (χ3v) is 3.78. The van der Waals surface area contributed by atoms with Gasteiger partial charge in [-0.25, -0.2) is 4.98 Å². The van der Waals surface area contributed by atoms with Crippen molar-refractivity contribution in [1.29, 1.82) is 0 Å². The maximum atomic E-state index is 12.2. The average Bonchev–Trinajstić information content (AvgIpc) is 2.75. The summed E-state index contributed by atoms with van der Waals surface area (Å²) < 4.78 is 1.72. The Balaban J connectivity index is 1.84. The van der Waals surface area contributed by atoms with Crippen molar-refractivity contribution in [2.45, 2.75) is 20.8 Å². The molecule has 0 aliphatic heterocycles. The second-order valence-electron chi connectivity index (χ2n) is 6.16. The molecule has 0 aliphatic rings. The van der Waals surface area contributed by atoms with Crippen LogP contribution in [0.3, 0.4) is 0 Å². The minimum Gasteiger partial charge on any atom is -0.322 e. The summed E-state index contributed by atoms with van der Waals surface area (Å²) in [5.41, 5.74) is 3.39. The Morgan fingerprint density at radius 1 is 1.12 bits per heavy atom. The normalized spacial score (nSPS) is 10.8. The standard InChI is InChI=1S/C17H24N6O2/c1-11-6-7-14(18-8-11)19-15(24)9-22(4)10-16(25)20-17-12(2)21-23(5)13(17)3/h6-8H,9-10H2,1-5H3,(H,20,25)(H,18,19,24). The van der Waals surface area contributed by atoms with Gasteiger partial charge in [0.2, 0.25) is 11.8 Å². The topological polar surface area (TPSA) is 92.2 Å². The van der Waals surface area contributed by atoms with E-state index >= 15 is 0 Å². The maximum Gasteiger partial charge on any atom is 0.239 e. The van der Waals surface area contributed by atoms with Gasteiger partial charge in [-0.05, 0) is 39.4 Å². The summed E-state index contributed by atoms with van der Waals surface area (Å²) >= 11 is 0. The zero-order valence-electron chi connectivity index (χ0n) is 15.3. The average molecular weight is 344 g/mol. The number of nitrogens with zero attached hydrogens (tertiary/aromatic N) is 4. The first kappa shape index (κ1) is 18.6. The number of nitrogens with one attached hydrogen (secondary N) is 2. The summed E-state index contributed by atoms with van der Waals surface area (Å²) in [6, 6.07) is 3.62. The summed E-state index contributed by atoms with van der Waals surface area (Å²) in [5, 5.41) is 9.82. The van der Waals surface area contributed by atoms with Crippen molar-refractivity contribution in [3.05, 3.63) is 35.3 Å². The van der Waals surface area contributed by atoms with Crippen molar-refractivity contribution in [3.8, 4) is 0 Å². The second-order valence-corrected chi connectivity index (χ2v) is 6.16. The minimum absolute atomic E-state index is 0.0913. The number of carbonyl (C=O) groups is 2. The Kier molecular flexibility index (Phi) is 5.87. The highest BCUT2D eigenvalue weighted by Crippen LogP contribution is 2.18. The van der Waals surface area contributed by atoms with Crippen LogP contribution < -0.4 is 10.6 Å². The summed E-state index contributed by atoms with van der Waals surface area (Å²) in [5.74, 6) is 0.0819. The van der Waals surface area contributed by atoms with Gasteiger partial charge in [-0.15, -0.1) is 0 Å². The number of anilines is 2. The van der Waals surface area contributed by atoms with E-state index in [0.717, 1.165) is 17.0 Å². The van der Waals surface area contributed by atoms with Crippen LogP contribution in [-0.2, 0) is 16.6 Å². The first-order valence-electron chi connectivity index (χ1n) is 7.97. The van der Waals surface area contributed by atoms with Gasteiger partial charge >= 0.3 is 0 Å². The molecule has 8 nitrogen and oxygen atoms in total. The molecule has 0 bridgehead atoms. The van der Waals surface area contributed by atoms with Crippen LogP contribution in [0.15, 0.2) is 18.3 Å². The molecule has 2 rings (SSSR count). The molecule has 134 valence electrons. The summed E-state index contributed by atoms with van der Waals surface area (Å²) in [7, 11) is 3.54. The first-order chi connectivity index (χ1) is 11.8. The number of likely N-dealkylation sites (N-methyl/N-ethyl adjacent to an activating group) is 1. The van der Waals surface area contributed by atoms with Gasteiger partial charge in [-0.2, -0.15) is 5.10 Å². The number of hydrogen-bond acceptors (Lipinski definition) is 5. The molecule has 0 aromatic carbocycles. The van der Waals surface area contributed by atoms with Crippen molar-refractivity contribution in [3.63, 3.8) is 0 Å². The second kappa shape index (κ2) is 7.89. The molecule has 0 spiro atoms. The van der Waals surface area contributed by atoms with Crippen molar-refractivity contribution >= 4 is 23.3 Å². The molecule has 0 aliphatic carbocycles. The summed E-state index contributed by atoms with van der Waals surface area (Å²) in [6.07, 6.45) is 1.69. The first-order valence-corrected chi connectivity index (χ1v) is 7.97. The fourth-order valence-electron chi connectivity index (χ4n) is 2.40. The van der Waals surface area contributed by atoms with Gasteiger partial charge in [0.1, 0.15) is 5.82 Å². The number of carbonyl (C=O) groups excluding carboxylic acids is 2. The molecule has 2 aromatic rings. The SMILES string of the molecule is Cc1ccc(NC(=O)CN(C)CC(=O)Nc2c(C)nn(C)c2C)nc1. The Labute approximate surface area is 147 Å². The summed E-state index contributed by atoms with van der Waals surface area (Å²) in [6.45, 7) is 5.85. The van der Waals surface area contributed by atoms with Crippen LogP contribution in [0, 0.1) is 20.8 Å². The quantitative estimate of drug-likeness (QED) is 0.823. The van der Waals surface area contributed by atoms with Crippen LogP contribution in [0.4, 0.5) is 11.5 Å². The Bertz CT molecular complexity index is 766. The number of aromatic nitrogens is 3. The van der Waals surface area contributed by atoms with E-state index in [4.69, 9.17) is 0 Å². The molecule has 25 heavy (non-hydrogen) atoms. The molecule has 2 heterocycles. The summed E-state index contributed by atoms with van der Waals surface area (Å²) in [4.78, 5) is 30.0. The van der Waals surface area contributed by atoms with Gasteiger partial charge < -0.3 is 10.6 Å². The lowest BCUT2D eigenvalue weighted by atomic mass is 10.3. The van der Waals surface area contributed by atoms with E-state index in [1.54, 1.807) is 28.9 Å². The number of pyridine rings is 1. The fraction of sp³-hybridized carbons (Fsp3) is 0.412. The van der Waals surface area contributed by atoms with Crippen molar-refractivity contribution in [2.24, 2.45) is 7.05 Å². The largest absolute Gasteiger partial charge is 0.322 e. The number of hydrogen-bond donors (Lipinski definition) is 2. The smallest absolute Gasteiger partial charge is 0.239 e. The molecular formula is C17H24N6O2. The van der Waals surface area contributed by atoms with Crippen LogP contribution in [0.2, 0.25) is 0 Å². The number of rotatable bonds is 6. The maximum absolute atomic E-state index is 12.2. The highest BCUT2D eigenvalue weighted by Gasteiger charge is 2.15. The molecule has 0 atom stereocenters. The minimum atomic E-state index is -0.222. The molecule has 0 saturated heterocycles. The van der Waals surface area contributed by atoms with E-state index in [1.165, 1.54) is 0 Å². The zero-order chi connectivity index (χ0) is 18.6. The van der Waals surface area contributed by atoms with E-state index in [9.17, 15) is 9.59 Å². The van der Waals surface area contributed by atoms with Crippen LogP contribution in [-0.4, -0.2) is 51.6 Å². The molecule has 0 fully saturated rings. The van der Waals surface area contributed by atoms with E-state index in [2.05, 4.69) is 20.7 Å². The zero-order valence-corrected chi connectivity index (χ0v) is 15.3. The lowest BCUT2D eigenvalue weighted by Gasteiger charge is -2.16.